The number of allylic oxidation sites excluding steroid dienone is 3. The lowest BCUT2D eigenvalue weighted by atomic mass is 10.1. The Hall–Kier alpha value is -2.86. The Morgan fingerprint density at radius 3 is 2.67 bits per heavy atom. The molecule has 0 saturated carbocycles. The van der Waals surface area contributed by atoms with Crippen LogP contribution in [0.3, 0.4) is 0 Å². The molecule has 0 atom stereocenters. The molecule has 0 amide bonds. The Bertz CT molecular complexity index is 914. The molecule has 118 valence electrons. The van der Waals surface area contributed by atoms with Crippen molar-refractivity contribution in [3.8, 4) is 0 Å². The van der Waals surface area contributed by atoms with Crippen molar-refractivity contribution in [2.75, 3.05) is 5.32 Å². The van der Waals surface area contributed by atoms with Crippen molar-refractivity contribution in [1.29, 1.82) is 0 Å². The number of benzene rings is 2. The summed E-state index contributed by atoms with van der Waals surface area (Å²) in [5, 5.41) is 14.1. The molecule has 0 saturated heterocycles. The first kappa shape index (κ1) is 14.7. The summed E-state index contributed by atoms with van der Waals surface area (Å²) >= 11 is 1.76. The predicted octanol–water partition coefficient (Wildman–Crippen LogP) is 5.06. The molecule has 1 aliphatic heterocycles. The molecule has 0 aromatic heterocycles. The molecule has 4 rings (SSSR count). The lowest BCUT2D eigenvalue weighted by molar-refractivity contribution is -0.384. The fourth-order valence-electron chi connectivity index (χ4n) is 2.62. The summed E-state index contributed by atoms with van der Waals surface area (Å²) in [7, 11) is 0. The SMILES string of the molecule is O=[N+]([O-])c1ccc(N=C2C=CC3=C(C2)Sc2ccccc2N3)cc1. The summed E-state index contributed by atoms with van der Waals surface area (Å²) in [5.41, 5.74) is 3.98. The van der Waals surface area contributed by atoms with E-state index in [-0.39, 0.29) is 5.69 Å². The third-order valence-corrected chi connectivity index (χ3v) is 4.99. The van der Waals surface area contributed by atoms with Gasteiger partial charge in [0.25, 0.3) is 5.69 Å². The molecule has 5 nitrogen and oxygen atoms in total. The number of hydrogen-bond donors (Lipinski definition) is 1. The Morgan fingerprint density at radius 1 is 1.08 bits per heavy atom. The van der Waals surface area contributed by atoms with Gasteiger partial charge in [0.1, 0.15) is 0 Å². The Labute approximate surface area is 143 Å². The summed E-state index contributed by atoms with van der Waals surface area (Å²) < 4.78 is 0. The second-order valence-corrected chi connectivity index (χ2v) is 6.58. The van der Waals surface area contributed by atoms with Crippen LogP contribution in [-0.4, -0.2) is 10.6 Å². The molecule has 1 aliphatic carbocycles. The highest BCUT2D eigenvalue weighted by Gasteiger charge is 2.20. The normalized spacial score (nSPS) is 17.2. The largest absolute Gasteiger partial charge is 0.354 e. The van der Waals surface area contributed by atoms with Crippen LogP contribution >= 0.6 is 11.8 Å². The second-order valence-electron chi connectivity index (χ2n) is 5.45. The zero-order valence-electron chi connectivity index (χ0n) is 12.6. The molecule has 2 aromatic carbocycles. The Kier molecular flexibility index (Phi) is 3.66. The molecule has 2 aliphatic rings. The van der Waals surface area contributed by atoms with Gasteiger partial charge >= 0.3 is 0 Å². The lowest BCUT2D eigenvalue weighted by Gasteiger charge is -2.24. The first-order valence-corrected chi connectivity index (χ1v) is 8.28. The minimum atomic E-state index is -0.406. The van der Waals surface area contributed by atoms with E-state index in [1.807, 2.05) is 24.3 Å². The van der Waals surface area contributed by atoms with E-state index in [0.29, 0.717) is 0 Å². The number of non-ortho nitro benzene ring substituents is 1. The standard InChI is InChI=1S/C18H13N3O2S/c22-21(23)14-8-5-12(6-9-14)19-13-7-10-16-18(11-13)24-17-4-2-1-3-15(17)20-16/h1-10,20H,11H2. The highest BCUT2D eigenvalue weighted by molar-refractivity contribution is 8.03. The van der Waals surface area contributed by atoms with Gasteiger partial charge < -0.3 is 5.32 Å². The average molecular weight is 335 g/mol. The van der Waals surface area contributed by atoms with Crippen LogP contribution in [0.25, 0.3) is 0 Å². The molecule has 0 bridgehead atoms. The maximum atomic E-state index is 10.7. The fraction of sp³-hybridized carbons (Fsp3) is 0.0556. The number of nitrogens with one attached hydrogen (secondary N) is 1. The first-order chi connectivity index (χ1) is 11.7. The van der Waals surface area contributed by atoms with Gasteiger partial charge in [0.2, 0.25) is 0 Å². The summed E-state index contributed by atoms with van der Waals surface area (Å²) in [6.07, 6.45) is 4.77. The van der Waals surface area contributed by atoms with Crippen LogP contribution in [0, 0.1) is 10.1 Å². The highest BCUT2D eigenvalue weighted by Crippen LogP contribution is 2.42. The van der Waals surface area contributed by atoms with Crippen molar-refractivity contribution in [1.82, 2.24) is 0 Å². The van der Waals surface area contributed by atoms with Crippen LogP contribution < -0.4 is 5.32 Å². The zero-order valence-corrected chi connectivity index (χ0v) is 13.4. The van der Waals surface area contributed by atoms with Crippen LogP contribution in [0.4, 0.5) is 17.1 Å². The van der Waals surface area contributed by atoms with E-state index in [9.17, 15) is 10.1 Å². The Balaban J connectivity index is 1.56. The van der Waals surface area contributed by atoms with Gasteiger partial charge in [0.15, 0.2) is 0 Å². The topological polar surface area (TPSA) is 67.5 Å². The van der Waals surface area contributed by atoms with Gasteiger partial charge in [-0.3, -0.25) is 15.1 Å². The van der Waals surface area contributed by atoms with Crippen LogP contribution in [0.15, 0.2) is 81.2 Å². The van der Waals surface area contributed by atoms with E-state index >= 15 is 0 Å². The molecule has 24 heavy (non-hydrogen) atoms. The van der Waals surface area contributed by atoms with Gasteiger partial charge in [-0.2, -0.15) is 0 Å². The van der Waals surface area contributed by atoms with Gasteiger partial charge in [-0.05, 0) is 36.4 Å². The monoisotopic (exact) mass is 335 g/mol. The summed E-state index contributed by atoms with van der Waals surface area (Å²) in [6, 6.07) is 14.5. The fourth-order valence-corrected chi connectivity index (χ4v) is 3.71. The molecule has 1 N–H and O–H groups in total. The number of fused-ring (bicyclic) bond motifs is 1. The van der Waals surface area contributed by atoms with Crippen molar-refractivity contribution < 1.29 is 4.92 Å². The average Bonchev–Trinajstić information content (AvgIpc) is 2.60. The van der Waals surface area contributed by atoms with Crippen molar-refractivity contribution >= 4 is 34.5 Å². The van der Waals surface area contributed by atoms with Crippen LogP contribution in [0.1, 0.15) is 6.42 Å². The summed E-state index contributed by atoms with van der Waals surface area (Å²) in [5.74, 6) is 0. The zero-order chi connectivity index (χ0) is 16.5. The first-order valence-electron chi connectivity index (χ1n) is 7.46. The lowest BCUT2D eigenvalue weighted by Crippen LogP contribution is -2.12. The van der Waals surface area contributed by atoms with E-state index in [2.05, 4.69) is 22.4 Å². The highest BCUT2D eigenvalue weighted by atomic mass is 32.2. The van der Waals surface area contributed by atoms with Gasteiger partial charge in [0.05, 0.1) is 16.3 Å². The molecule has 1 heterocycles. The summed E-state index contributed by atoms with van der Waals surface area (Å²) in [4.78, 5) is 17.3. The van der Waals surface area contributed by atoms with Gasteiger partial charge in [-0.1, -0.05) is 23.9 Å². The predicted molar refractivity (Wildman–Crippen MR) is 96.9 cm³/mol. The third-order valence-electron chi connectivity index (χ3n) is 3.81. The van der Waals surface area contributed by atoms with Crippen molar-refractivity contribution in [3.63, 3.8) is 0 Å². The van der Waals surface area contributed by atoms with Gasteiger partial charge in [-0.15, -0.1) is 0 Å². The van der Waals surface area contributed by atoms with Crippen LogP contribution in [0.2, 0.25) is 0 Å². The molecule has 6 heteroatoms. The number of nitro benzene ring substituents is 1. The molecule has 0 fully saturated rings. The summed E-state index contributed by atoms with van der Waals surface area (Å²) in [6.45, 7) is 0. The maximum Gasteiger partial charge on any atom is 0.269 e. The molecular formula is C18H13N3O2S. The maximum absolute atomic E-state index is 10.7. The third kappa shape index (κ3) is 2.83. The van der Waals surface area contributed by atoms with Crippen molar-refractivity contribution in [2.24, 2.45) is 4.99 Å². The molecule has 0 spiro atoms. The van der Waals surface area contributed by atoms with E-state index in [1.54, 1.807) is 23.9 Å². The number of hydrogen-bond acceptors (Lipinski definition) is 5. The van der Waals surface area contributed by atoms with E-state index in [4.69, 9.17) is 0 Å². The van der Waals surface area contributed by atoms with Crippen molar-refractivity contribution in [2.45, 2.75) is 11.3 Å². The quantitative estimate of drug-likeness (QED) is 0.615. The number of rotatable bonds is 2. The second kappa shape index (κ2) is 5.98. The number of nitrogens with zero attached hydrogens (tertiary/aromatic N) is 2. The minimum Gasteiger partial charge on any atom is -0.354 e. The smallest absolute Gasteiger partial charge is 0.269 e. The number of anilines is 1. The number of aliphatic imine (C=N–C) groups is 1. The van der Waals surface area contributed by atoms with E-state index in [0.717, 1.165) is 29.2 Å². The van der Waals surface area contributed by atoms with Crippen LogP contribution in [0.5, 0.6) is 0 Å². The number of para-hydroxylation sites is 1. The Morgan fingerprint density at radius 2 is 1.88 bits per heavy atom. The molecule has 0 radical (unpaired) electrons. The van der Waals surface area contributed by atoms with E-state index < -0.39 is 4.92 Å². The molecule has 0 unspecified atom stereocenters. The molecule has 2 aromatic rings. The van der Waals surface area contributed by atoms with Gasteiger partial charge in [-0.25, -0.2) is 0 Å². The molecular weight excluding hydrogens is 322 g/mol. The van der Waals surface area contributed by atoms with Gasteiger partial charge in [0, 0.05) is 39.8 Å². The van der Waals surface area contributed by atoms with E-state index in [1.165, 1.54) is 21.9 Å². The number of nitro groups is 1. The van der Waals surface area contributed by atoms with Crippen LogP contribution in [-0.2, 0) is 0 Å². The number of thioether (sulfide) groups is 1. The minimum absolute atomic E-state index is 0.0757. The van der Waals surface area contributed by atoms with Crippen molar-refractivity contribution in [3.05, 3.63) is 81.4 Å².